The summed E-state index contributed by atoms with van der Waals surface area (Å²) in [5.74, 6) is 0.954. The van der Waals surface area contributed by atoms with Crippen molar-refractivity contribution in [2.75, 3.05) is 5.33 Å². The Hall–Kier alpha value is 0.630. The van der Waals surface area contributed by atoms with Crippen LogP contribution in [-0.4, -0.2) is 15.9 Å². The summed E-state index contributed by atoms with van der Waals surface area (Å²) in [6.07, 6.45) is 2.26. The van der Waals surface area contributed by atoms with Crippen LogP contribution in [0.2, 0.25) is 0 Å². The molecule has 1 nitrogen and oxygen atoms in total. The lowest BCUT2D eigenvalue weighted by Crippen LogP contribution is -2.36. The average molecular weight is 310 g/mol. The molecule has 2 saturated carbocycles. The maximum atomic E-state index is 12.0. The fourth-order valence-corrected chi connectivity index (χ4v) is 5.45. The molecular formula is C10H14Br2O. The van der Waals surface area contributed by atoms with Crippen LogP contribution in [0.4, 0.5) is 0 Å². The van der Waals surface area contributed by atoms with Gasteiger partial charge in [0.15, 0.2) is 5.78 Å². The topological polar surface area (TPSA) is 17.1 Å². The van der Waals surface area contributed by atoms with Gasteiger partial charge in [-0.1, -0.05) is 45.7 Å². The Bertz CT molecular complexity index is 266. The van der Waals surface area contributed by atoms with Crippen LogP contribution in [-0.2, 0) is 4.79 Å². The van der Waals surface area contributed by atoms with Gasteiger partial charge in [0.2, 0.25) is 0 Å². The van der Waals surface area contributed by atoms with E-state index in [0.717, 1.165) is 11.8 Å². The number of ketones is 1. The molecule has 0 amide bonds. The Morgan fingerprint density at radius 3 is 2.46 bits per heavy atom. The van der Waals surface area contributed by atoms with E-state index >= 15 is 0 Å². The minimum absolute atomic E-state index is 0.0880. The zero-order valence-electron chi connectivity index (χ0n) is 7.94. The molecule has 2 aliphatic rings. The van der Waals surface area contributed by atoms with Crippen molar-refractivity contribution in [3.8, 4) is 0 Å². The van der Waals surface area contributed by atoms with Gasteiger partial charge in [-0.05, 0) is 24.2 Å². The van der Waals surface area contributed by atoms with E-state index in [1.807, 2.05) is 0 Å². The predicted molar refractivity (Wildman–Crippen MR) is 60.5 cm³/mol. The van der Waals surface area contributed by atoms with Crippen molar-refractivity contribution >= 4 is 37.6 Å². The first-order valence-corrected chi connectivity index (χ1v) is 6.75. The zero-order valence-corrected chi connectivity index (χ0v) is 11.1. The molecule has 0 N–H and O–H groups in total. The highest BCUT2D eigenvalue weighted by Crippen LogP contribution is 2.65. The molecule has 13 heavy (non-hydrogen) atoms. The second-order valence-corrected chi connectivity index (χ2v) is 6.34. The Kier molecular flexibility index (Phi) is 2.20. The number of halogens is 2. The quantitative estimate of drug-likeness (QED) is 0.680. The van der Waals surface area contributed by atoms with Crippen LogP contribution in [0.15, 0.2) is 0 Å². The molecular weight excluding hydrogens is 296 g/mol. The molecule has 0 aromatic carbocycles. The Balaban J connectivity index is 2.49. The first kappa shape index (κ1) is 10.2. The van der Waals surface area contributed by atoms with Gasteiger partial charge in [-0.2, -0.15) is 0 Å². The minimum atomic E-state index is -0.0880. The molecule has 2 fully saturated rings. The summed E-state index contributed by atoms with van der Waals surface area (Å²) < 4.78 is 0. The monoisotopic (exact) mass is 308 g/mol. The fraction of sp³-hybridized carbons (Fsp3) is 0.900. The lowest BCUT2D eigenvalue weighted by Gasteiger charge is -2.34. The number of hydrogen-bond acceptors (Lipinski definition) is 1. The molecule has 0 aromatic heterocycles. The molecule has 2 bridgehead atoms. The number of carbonyl (C=O) groups is 1. The van der Waals surface area contributed by atoms with Crippen molar-refractivity contribution in [2.24, 2.45) is 16.7 Å². The van der Waals surface area contributed by atoms with Gasteiger partial charge in [0.1, 0.15) is 0 Å². The zero-order chi connectivity index (χ0) is 9.85. The summed E-state index contributed by atoms with van der Waals surface area (Å²) in [5.41, 5.74) is 0.0770. The molecule has 0 aliphatic heterocycles. The first-order valence-electron chi connectivity index (χ1n) is 4.72. The van der Waals surface area contributed by atoms with E-state index in [4.69, 9.17) is 0 Å². The molecule has 2 aliphatic carbocycles. The largest absolute Gasteiger partial charge is 0.298 e. The van der Waals surface area contributed by atoms with Crippen molar-refractivity contribution in [3.63, 3.8) is 0 Å². The van der Waals surface area contributed by atoms with Crippen molar-refractivity contribution < 1.29 is 4.79 Å². The number of carbonyl (C=O) groups excluding carboxylic acids is 1. The van der Waals surface area contributed by atoms with Crippen LogP contribution < -0.4 is 0 Å². The SMILES string of the molecule is C[C@]12CC[C@H]([C@H](Br)C1=O)[C@@]2(C)CBr. The van der Waals surface area contributed by atoms with E-state index in [9.17, 15) is 4.79 Å². The van der Waals surface area contributed by atoms with Gasteiger partial charge in [-0.15, -0.1) is 0 Å². The van der Waals surface area contributed by atoms with Gasteiger partial charge < -0.3 is 0 Å². The average Bonchev–Trinajstić information content (AvgIpc) is 2.44. The third-order valence-electron chi connectivity index (χ3n) is 4.46. The Morgan fingerprint density at radius 1 is 1.54 bits per heavy atom. The number of fused-ring (bicyclic) bond motifs is 2. The third kappa shape index (κ3) is 0.956. The molecule has 0 spiro atoms. The smallest absolute Gasteiger partial charge is 0.153 e. The van der Waals surface area contributed by atoms with Crippen LogP contribution in [0.25, 0.3) is 0 Å². The summed E-state index contributed by atoms with van der Waals surface area (Å²) in [6, 6.07) is 0. The molecule has 74 valence electrons. The summed E-state index contributed by atoms with van der Waals surface area (Å²) in [4.78, 5) is 12.1. The minimum Gasteiger partial charge on any atom is -0.298 e. The standard InChI is InChI=1S/C10H14Br2O/c1-9-4-3-6(7(12)8(9)13)10(9,2)5-11/h6-7H,3-5H2,1-2H3/t6-,7+,9+,10-/m1/s1. The molecule has 0 aromatic rings. The Labute approximate surface area is 95.9 Å². The molecule has 3 heteroatoms. The molecule has 0 unspecified atom stereocenters. The summed E-state index contributed by atoms with van der Waals surface area (Å²) >= 11 is 7.11. The van der Waals surface area contributed by atoms with E-state index in [0.29, 0.717) is 11.7 Å². The summed E-state index contributed by atoms with van der Waals surface area (Å²) in [5, 5.41) is 0.939. The molecule has 0 radical (unpaired) electrons. The lowest BCUT2D eigenvalue weighted by molar-refractivity contribution is -0.127. The maximum Gasteiger partial charge on any atom is 0.153 e. The van der Waals surface area contributed by atoms with E-state index in [1.54, 1.807) is 0 Å². The van der Waals surface area contributed by atoms with Crippen molar-refractivity contribution in [1.82, 2.24) is 0 Å². The van der Waals surface area contributed by atoms with Crippen LogP contribution >= 0.6 is 31.9 Å². The van der Waals surface area contributed by atoms with E-state index in [-0.39, 0.29) is 15.7 Å². The van der Waals surface area contributed by atoms with E-state index in [2.05, 4.69) is 45.7 Å². The van der Waals surface area contributed by atoms with Crippen LogP contribution in [0.5, 0.6) is 0 Å². The van der Waals surface area contributed by atoms with Gasteiger partial charge in [0.25, 0.3) is 0 Å². The molecule has 2 rings (SSSR count). The molecule has 0 heterocycles. The van der Waals surface area contributed by atoms with Crippen LogP contribution in [0, 0.1) is 16.7 Å². The number of Topliss-reactive ketones (excluding diaryl/α,β-unsaturated/α-hetero) is 1. The van der Waals surface area contributed by atoms with Gasteiger partial charge in [0.05, 0.1) is 4.83 Å². The van der Waals surface area contributed by atoms with Gasteiger partial charge in [-0.3, -0.25) is 4.79 Å². The highest BCUT2D eigenvalue weighted by Gasteiger charge is 2.67. The van der Waals surface area contributed by atoms with Crippen molar-refractivity contribution in [3.05, 3.63) is 0 Å². The van der Waals surface area contributed by atoms with Crippen LogP contribution in [0.1, 0.15) is 26.7 Å². The summed E-state index contributed by atoms with van der Waals surface area (Å²) in [7, 11) is 0. The first-order chi connectivity index (χ1) is 5.97. The third-order valence-corrected chi connectivity index (χ3v) is 6.68. The summed E-state index contributed by atoms with van der Waals surface area (Å²) in [6.45, 7) is 4.39. The van der Waals surface area contributed by atoms with Crippen LogP contribution in [0.3, 0.4) is 0 Å². The second-order valence-electron chi connectivity index (χ2n) is 4.79. The molecule has 4 atom stereocenters. The fourth-order valence-electron chi connectivity index (χ4n) is 3.07. The van der Waals surface area contributed by atoms with Gasteiger partial charge >= 0.3 is 0 Å². The van der Waals surface area contributed by atoms with Crippen molar-refractivity contribution in [2.45, 2.75) is 31.5 Å². The normalized spacial score (nSPS) is 54.6. The second kappa shape index (κ2) is 2.82. The highest BCUT2D eigenvalue weighted by atomic mass is 79.9. The highest BCUT2D eigenvalue weighted by molar-refractivity contribution is 9.10. The van der Waals surface area contributed by atoms with E-state index < -0.39 is 0 Å². The number of alkyl halides is 2. The predicted octanol–water partition coefficient (Wildman–Crippen LogP) is 3.15. The van der Waals surface area contributed by atoms with Gasteiger partial charge in [-0.25, -0.2) is 0 Å². The maximum absolute atomic E-state index is 12.0. The van der Waals surface area contributed by atoms with E-state index in [1.165, 1.54) is 6.42 Å². The lowest BCUT2D eigenvalue weighted by atomic mass is 9.70. The Morgan fingerprint density at radius 2 is 2.15 bits per heavy atom. The number of rotatable bonds is 1. The number of hydrogen-bond donors (Lipinski definition) is 0. The van der Waals surface area contributed by atoms with Crippen molar-refractivity contribution in [1.29, 1.82) is 0 Å². The molecule has 0 saturated heterocycles. The van der Waals surface area contributed by atoms with Gasteiger partial charge in [0, 0.05) is 10.7 Å².